The Morgan fingerprint density at radius 3 is 2.70 bits per heavy atom. The molecule has 6 heteroatoms. The molecule has 0 atom stereocenters. The summed E-state index contributed by atoms with van der Waals surface area (Å²) in [6, 6.07) is 3.86. The smallest absolute Gasteiger partial charge is 0.163 e. The predicted octanol–water partition coefficient (Wildman–Crippen LogP) is 2.54. The van der Waals surface area contributed by atoms with Crippen LogP contribution in [0.15, 0.2) is 37.1 Å². The van der Waals surface area contributed by atoms with Crippen molar-refractivity contribution in [2.75, 3.05) is 11.9 Å². The van der Waals surface area contributed by atoms with E-state index < -0.39 is 0 Å². The summed E-state index contributed by atoms with van der Waals surface area (Å²) in [4.78, 5) is 17.5. The molecule has 0 amide bonds. The Labute approximate surface area is 135 Å². The fraction of sp³-hybridized carbons (Fsp3) is 0.294. The van der Waals surface area contributed by atoms with Crippen LogP contribution in [-0.4, -0.2) is 31.0 Å². The summed E-state index contributed by atoms with van der Waals surface area (Å²) in [5.74, 6) is 1.57. The Bertz CT molecular complexity index is 794. The van der Waals surface area contributed by atoms with Gasteiger partial charge >= 0.3 is 0 Å². The highest BCUT2D eigenvalue weighted by atomic mass is 15.1. The monoisotopic (exact) mass is 308 g/mol. The molecular formula is C17H20N6. The van der Waals surface area contributed by atoms with Crippen molar-refractivity contribution in [1.29, 1.82) is 0 Å². The Kier molecular flexibility index (Phi) is 4.32. The summed E-state index contributed by atoms with van der Waals surface area (Å²) < 4.78 is 2.03. The van der Waals surface area contributed by atoms with Gasteiger partial charge in [0.1, 0.15) is 5.82 Å². The standard InChI is InChI=1S/C17H20N6/c1-12-13(2)21-17(14-5-4-7-18-9-14)22-16(12)20-8-6-15-10-19-11-23(15)3/h4-5,7,9-11H,6,8H2,1-3H3,(H,20,21,22). The molecule has 23 heavy (non-hydrogen) atoms. The molecule has 3 aromatic rings. The molecule has 3 rings (SSSR count). The second kappa shape index (κ2) is 6.56. The molecule has 0 unspecified atom stereocenters. The maximum atomic E-state index is 4.66. The van der Waals surface area contributed by atoms with E-state index in [0.29, 0.717) is 5.82 Å². The minimum atomic E-state index is 0.698. The first-order valence-electron chi connectivity index (χ1n) is 7.60. The third kappa shape index (κ3) is 3.36. The number of aromatic nitrogens is 5. The molecule has 0 bridgehead atoms. The molecule has 0 saturated heterocycles. The van der Waals surface area contributed by atoms with Gasteiger partial charge in [0.15, 0.2) is 5.82 Å². The van der Waals surface area contributed by atoms with E-state index in [1.807, 2.05) is 50.1 Å². The minimum absolute atomic E-state index is 0.698. The lowest BCUT2D eigenvalue weighted by Crippen LogP contribution is -2.11. The number of rotatable bonds is 5. The van der Waals surface area contributed by atoms with Crippen molar-refractivity contribution in [3.63, 3.8) is 0 Å². The number of nitrogens with zero attached hydrogens (tertiary/aromatic N) is 5. The number of nitrogens with one attached hydrogen (secondary N) is 1. The fourth-order valence-corrected chi connectivity index (χ4v) is 2.36. The van der Waals surface area contributed by atoms with Crippen molar-refractivity contribution in [2.24, 2.45) is 7.05 Å². The number of aryl methyl sites for hydroxylation is 2. The van der Waals surface area contributed by atoms with Gasteiger partial charge in [-0.05, 0) is 26.0 Å². The summed E-state index contributed by atoms with van der Waals surface area (Å²) in [6.07, 6.45) is 8.12. The van der Waals surface area contributed by atoms with Crippen LogP contribution in [0.1, 0.15) is 17.0 Å². The Balaban J connectivity index is 1.78. The van der Waals surface area contributed by atoms with Gasteiger partial charge in [0.25, 0.3) is 0 Å². The Morgan fingerprint density at radius 1 is 1.13 bits per heavy atom. The first-order valence-corrected chi connectivity index (χ1v) is 7.60. The zero-order chi connectivity index (χ0) is 16.2. The van der Waals surface area contributed by atoms with E-state index in [1.165, 1.54) is 5.69 Å². The first-order chi connectivity index (χ1) is 11.1. The highest BCUT2D eigenvalue weighted by Gasteiger charge is 2.10. The van der Waals surface area contributed by atoms with Gasteiger partial charge in [-0.3, -0.25) is 4.98 Å². The molecule has 0 aliphatic carbocycles. The van der Waals surface area contributed by atoms with Gasteiger partial charge in [-0.25, -0.2) is 15.0 Å². The molecule has 118 valence electrons. The lowest BCUT2D eigenvalue weighted by atomic mass is 10.2. The van der Waals surface area contributed by atoms with Crippen LogP contribution in [0, 0.1) is 13.8 Å². The van der Waals surface area contributed by atoms with Gasteiger partial charge in [-0.2, -0.15) is 0 Å². The van der Waals surface area contributed by atoms with Gasteiger partial charge in [0.2, 0.25) is 0 Å². The average molecular weight is 308 g/mol. The van der Waals surface area contributed by atoms with E-state index in [0.717, 1.165) is 35.6 Å². The maximum absolute atomic E-state index is 4.66. The lowest BCUT2D eigenvalue weighted by molar-refractivity contribution is 0.814. The quantitative estimate of drug-likeness (QED) is 0.784. The van der Waals surface area contributed by atoms with Crippen LogP contribution < -0.4 is 5.32 Å². The third-order valence-corrected chi connectivity index (χ3v) is 3.90. The second-order valence-electron chi connectivity index (χ2n) is 5.52. The van der Waals surface area contributed by atoms with Crippen LogP contribution in [0.4, 0.5) is 5.82 Å². The second-order valence-corrected chi connectivity index (χ2v) is 5.52. The summed E-state index contributed by atoms with van der Waals surface area (Å²) >= 11 is 0. The van der Waals surface area contributed by atoms with E-state index in [1.54, 1.807) is 12.4 Å². The number of anilines is 1. The van der Waals surface area contributed by atoms with Crippen LogP contribution >= 0.6 is 0 Å². The summed E-state index contributed by atoms with van der Waals surface area (Å²) in [7, 11) is 2.00. The van der Waals surface area contributed by atoms with Crippen molar-refractivity contribution in [1.82, 2.24) is 24.5 Å². The lowest BCUT2D eigenvalue weighted by Gasteiger charge is -2.12. The molecule has 0 spiro atoms. The molecule has 0 radical (unpaired) electrons. The zero-order valence-corrected chi connectivity index (χ0v) is 13.6. The summed E-state index contributed by atoms with van der Waals surface area (Å²) in [6.45, 7) is 4.83. The molecule has 0 fully saturated rings. The van der Waals surface area contributed by atoms with Crippen molar-refractivity contribution < 1.29 is 0 Å². The number of imidazole rings is 1. The highest BCUT2D eigenvalue weighted by molar-refractivity contribution is 5.58. The van der Waals surface area contributed by atoms with Crippen molar-refractivity contribution in [2.45, 2.75) is 20.3 Å². The molecule has 0 aliphatic heterocycles. The summed E-state index contributed by atoms with van der Waals surface area (Å²) in [5, 5.41) is 3.42. The highest BCUT2D eigenvalue weighted by Crippen LogP contribution is 2.20. The average Bonchev–Trinajstić information content (AvgIpc) is 2.97. The van der Waals surface area contributed by atoms with Crippen LogP contribution in [0.25, 0.3) is 11.4 Å². The molecule has 1 N–H and O–H groups in total. The van der Waals surface area contributed by atoms with Crippen LogP contribution in [0.2, 0.25) is 0 Å². The van der Waals surface area contributed by atoms with Crippen LogP contribution in [-0.2, 0) is 13.5 Å². The first kappa shape index (κ1) is 15.1. The molecular weight excluding hydrogens is 288 g/mol. The number of pyridine rings is 1. The van der Waals surface area contributed by atoms with E-state index >= 15 is 0 Å². The van der Waals surface area contributed by atoms with E-state index in [9.17, 15) is 0 Å². The van der Waals surface area contributed by atoms with Crippen molar-refractivity contribution >= 4 is 5.82 Å². The normalized spacial score (nSPS) is 10.7. The van der Waals surface area contributed by atoms with Gasteiger partial charge in [0.05, 0.1) is 6.33 Å². The largest absolute Gasteiger partial charge is 0.369 e. The molecule has 0 aromatic carbocycles. The molecule has 0 saturated carbocycles. The third-order valence-electron chi connectivity index (χ3n) is 3.90. The van der Waals surface area contributed by atoms with Crippen molar-refractivity contribution in [3.8, 4) is 11.4 Å². The molecule has 0 aliphatic rings. The molecule has 3 aromatic heterocycles. The van der Waals surface area contributed by atoms with E-state index in [-0.39, 0.29) is 0 Å². The van der Waals surface area contributed by atoms with Gasteiger partial charge in [-0.15, -0.1) is 0 Å². The van der Waals surface area contributed by atoms with E-state index in [2.05, 4.69) is 25.3 Å². The van der Waals surface area contributed by atoms with Crippen LogP contribution in [0.3, 0.4) is 0 Å². The molecule has 6 nitrogen and oxygen atoms in total. The Hall–Kier alpha value is -2.76. The minimum Gasteiger partial charge on any atom is -0.369 e. The van der Waals surface area contributed by atoms with Crippen molar-refractivity contribution in [3.05, 3.63) is 54.0 Å². The number of hydrogen-bond acceptors (Lipinski definition) is 5. The Morgan fingerprint density at radius 2 is 2.00 bits per heavy atom. The van der Waals surface area contributed by atoms with Gasteiger partial charge < -0.3 is 9.88 Å². The maximum Gasteiger partial charge on any atom is 0.163 e. The topological polar surface area (TPSA) is 68.5 Å². The van der Waals surface area contributed by atoms with Gasteiger partial charge in [0, 0.05) is 61.1 Å². The molecule has 3 heterocycles. The fourth-order valence-electron chi connectivity index (χ4n) is 2.36. The van der Waals surface area contributed by atoms with Gasteiger partial charge in [-0.1, -0.05) is 0 Å². The summed E-state index contributed by atoms with van der Waals surface area (Å²) in [5.41, 5.74) is 4.16. The predicted molar refractivity (Wildman–Crippen MR) is 90.1 cm³/mol. The number of hydrogen-bond donors (Lipinski definition) is 1. The zero-order valence-electron chi connectivity index (χ0n) is 13.6. The van der Waals surface area contributed by atoms with Crippen LogP contribution in [0.5, 0.6) is 0 Å². The SMILES string of the molecule is Cc1nc(-c2cccnc2)nc(NCCc2cncn2C)c1C. The van der Waals surface area contributed by atoms with E-state index in [4.69, 9.17) is 0 Å².